The van der Waals surface area contributed by atoms with Crippen molar-refractivity contribution < 1.29 is 9.90 Å². The van der Waals surface area contributed by atoms with Gasteiger partial charge in [-0.2, -0.15) is 0 Å². The predicted molar refractivity (Wildman–Crippen MR) is 107 cm³/mol. The van der Waals surface area contributed by atoms with Gasteiger partial charge < -0.3 is 15.4 Å². The van der Waals surface area contributed by atoms with Gasteiger partial charge in [-0.15, -0.1) is 0 Å². The van der Waals surface area contributed by atoms with Crippen molar-refractivity contribution in [2.24, 2.45) is 0 Å². The van der Waals surface area contributed by atoms with Crippen LogP contribution in [0.3, 0.4) is 0 Å². The number of fused-ring (bicyclic) bond motifs is 1. The highest BCUT2D eigenvalue weighted by molar-refractivity contribution is 6.03. The first kappa shape index (κ1) is 17.6. The Hall–Kier alpha value is -3.84. The van der Waals surface area contributed by atoms with Gasteiger partial charge in [0.15, 0.2) is 0 Å². The number of rotatable bonds is 5. The standard InChI is InChI=1S/C21H17N5O2/c1-13(11-27)21(28)26-16-4-2-3-14(7-16)15-8-17-18(10-24-20(17)23-9-15)19-5-6-22-12-25-19/h2-10,12,27H,1,11H2,(H,23,24)(H,26,28). The minimum absolute atomic E-state index is 0.107. The van der Waals surface area contributed by atoms with E-state index in [1.807, 2.05) is 36.5 Å². The topological polar surface area (TPSA) is 104 Å². The zero-order valence-corrected chi connectivity index (χ0v) is 14.9. The number of hydrogen-bond donors (Lipinski definition) is 3. The first-order valence-electron chi connectivity index (χ1n) is 8.59. The van der Waals surface area contributed by atoms with E-state index in [0.29, 0.717) is 5.69 Å². The number of aromatic nitrogens is 4. The van der Waals surface area contributed by atoms with Gasteiger partial charge in [-0.3, -0.25) is 4.79 Å². The number of benzene rings is 1. The van der Waals surface area contributed by atoms with Crippen LogP contribution in [0.5, 0.6) is 0 Å². The Balaban J connectivity index is 1.71. The van der Waals surface area contributed by atoms with Crippen LogP contribution in [0.4, 0.5) is 5.69 Å². The third kappa shape index (κ3) is 3.38. The lowest BCUT2D eigenvalue weighted by atomic mass is 10.0. The van der Waals surface area contributed by atoms with Crippen molar-refractivity contribution in [1.82, 2.24) is 19.9 Å². The summed E-state index contributed by atoms with van der Waals surface area (Å²) in [6.07, 6.45) is 6.86. The summed E-state index contributed by atoms with van der Waals surface area (Å²) < 4.78 is 0. The molecule has 1 aromatic carbocycles. The smallest absolute Gasteiger partial charge is 0.253 e. The molecule has 0 unspecified atom stereocenters. The van der Waals surface area contributed by atoms with Crippen LogP contribution < -0.4 is 5.32 Å². The average molecular weight is 371 g/mol. The maximum atomic E-state index is 11.9. The molecule has 0 bridgehead atoms. The third-order valence-electron chi connectivity index (χ3n) is 4.35. The number of anilines is 1. The van der Waals surface area contributed by atoms with Crippen LogP contribution in [0.15, 0.2) is 73.5 Å². The van der Waals surface area contributed by atoms with E-state index < -0.39 is 5.91 Å². The number of amides is 1. The second kappa shape index (κ2) is 7.42. The van der Waals surface area contributed by atoms with Gasteiger partial charge in [0.25, 0.3) is 5.91 Å². The average Bonchev–Trinajstić information content (AvgIpc) is 3.17. The van der Waals surface area contributed by atoms with E-state index in [0.717, 1.165) is 33.4 Å². The number of carbonyl (C=O) groups is 1. The molecule has 0 atom stereocenters. The molecule has 28 heavy (non-hydrogen) atoms. The van der Waals surface area contributed by atoms with Gasteiger partial charge >= 0.3 is 0 Å². The SMILES string of the molecule is C=C(CO)C(=O)Nc1cccc(-c2cnc3[nH]cc(-c4ccncn4)c3c2)c1. The molecule has 0 aliphatic carbocycles. The number of nitrogens with zero attached hydrogens (tertiary/aromatic N) is 3. The van der Waals surface area contributed by atoms with E-state index >= 15 is 0 Å². The molecular weight excluding hydrogens is 354 g/mol. The van der Waals surface area contributed by atoms with Gasteiger partial charge in [0.1, 0.15) is 12.0 Å². The van der Waals surface area contributed by atoms with E-state index in [1.165, 1.54) is 6.33 Å². The zero-order chi connectivity index (χ0) is 19.5. The first-order chi connectivity index (χ1) is 13.7. The quantitative estimate of drug-likeness (QED) is 0.468. The fourth-order valence-corrected chi connectivity index (χ4v) is 2.89. The van der Waals surface area contributed by atoms with E-state index in [2.05, 4.69) is 31.8 Å². The van der Waals surface area contributed by atoms with Gasteiger partial charge in [0.05, 0.1) is 12.3 Å². The van der Waals surface area contributed by atoms with E-state index in [9.17, 15) is 4.79 Å². The molecule has 0 aliphatic rings. The summed E-state index contributed by atoms with van der Waals surface area (Å²) >= 11 is 0. The number of aliphatic hydroxyl groups is 1. The lowest BCUT2D eigenvalue weighted by molar-refractivity contribution is -0.113. The molecule has 7 heteroatoms. The molecule has 3 heterocycles. The zero-order valence-electron chi connectivity index (χ0n) is 14.9. The molecule has 3 N–H and O–H groups in total. The van der Waals surface area contributed by atoms with Gasteiger partial charge in [0.2, 0.25) is 0 Å². The maximum Gasteiger partial charge on any atom is 0.253 e. The molecule has 7 nitrogen and oxygen atoms in total. The van der Waals surface area contributed by atoms with Gasteiger partial charge in [0, 0.05) is 46.4 Å². The van der Waals surface area contributed by atoms with Gasteiger partial charge in [-0.1, -0.05) is 18.7 Å². The summed E-state index contributed by atoms with van der Waals surface area (Å²) in [5.41, 5.74) is 5.04. The Bertz CT molecular complexity index is 1170. The number of hydrogen-bond acceptors (Lipinski definition) is 5. The Kier molecular flexibility index (Phi) is 4.65. The van der Waals surface area contributed by atoms with Crippen LogP contribution in [0.25, 0.3) is 33.4 Å². The Morgan fingerprint density at radius 3 is 2.86 bits per heavy atom. The summed E-state index contributed by atoms with van der Waals surface area (Å²) in [6, 6.07) is 11.3. The van der Waals surface area contributed by atoms with E-state index in [1.54, 1.807) is 18.5 Å². The maximum absolute atomic E-state index is 11.9. The minimum Gasteiger partial charge on any atom is -0.391 e. The molecule has 4 rings (SSSR count). The van der Waals surface area contributed by atoms with Crippen molar-refractivity contribution in [1.29, 1.82) is 0 Å². The Morgan fingerprint density at radius 1 is 1.18 bits per heavy atom. The van der Waals surface area contributed by atoms with Gasteiger partial charge in [-0.25, -0.2) is 15.0 Å². The van der Waals surface area contributed by atoms with Crippen LogP contribution in [-0.4, -0.2) is 37.6 Å². The summed E-state index contributed by atoms with van der Waals surface area (Å²) in [5, 5.41) is 12.7. The lowest BCUT2D eigenvalue weighted by Crippen LogP contribution is -2.15. The summed E-state index contributed by atoms with van der Waals surface area (Å²) in [7, 11) is 0. The van der Waals surface area contributed by atoms with Crippen LogP contribution >= 0.6 is 0 Å². The summed E-state index contributed by atoms with van der Waals surface area (Å²) in [5.74, 6) is -0.412. The summed E-state index contributed by atoms with van der Waals surface area (Å²) in [6.45, 7) is 3.15. The van der Waals surface area contributed by atoms with Crippen molar-refractivity contribution in [3.05, 3.63) is 73.5 Å². The number of nitrogens with one attached hydrogen (secondary N) is 2. The molecule has 0 aliphatic heterocycles. The monoisotopic (exact) mass is 371 g/mol. The highest BCUT2D eigenvalue weighted by atomic mass is 16.3. The molecule has 0 spiro atoms. The highest BCUT2D eigenvalue weighted by Crippen LogP contribution is 2.30. The fraction of sp³-hybridized carbons (Fsp3) is 0.0476. The number of pyridine rings is 1. The second-order valence-corrected chi connectivity index (χ2v) is 6.21. The molecule has 0 fully saturated rings. The number of carbonyl (C=O) groups excluding carboxylic acids is 1. The second-order valence-electron chi connectivity index (χ2n) is 6.21. The molecule has 0 saturated carbocycles. The molecule has 138 valence electrons. The number of H-pyrrole nitrogens is 1. The van der Waals surface area contributed by atoms with Crippen LogP contribution in [0.1, 0.15) is 0 Å². The molecule has 3 aromatic heterocycles. The normalized spacial score (nSPS) is 10.8. The largest absolute Gasteiger partial charge is 0.391 e. The Labute approximate surface area is 160 Å². The number of aromatic amines is 1. The highest BCUT2D eigenvalue weighted by Gasteiger charge is 2.11. The Morgan fingerprint density at radius 2 is 2.07 bits per heavy atom. The lowest BCUT2D eigenvalue weighted by Gasteiger charge is -2.08. The molecule has 1 amide bonds. The summed E-state index contributed by atoms with van der Waals surface area (Å²) in [4.78, 5) is 27.9. The van der Waals surface area contributed by atoms with E-state index in [4.69, 9.17) is 5.11 Å². The van der Waals surface area contributed by atoms with Crippen LogP contribution in [0, 0.1) is 0 Å². The molecular formula is C21H17N5O2. The predicted octanol–water partition coefficient (Wildman–Crippen LogP) is 3.17. The van der Waals surface area contributed by atoms with Crippen molar-refractivity contribution >= 4 is 22.6 Å². The fourth-order valence-electron chi connectivity index (χ4n) is 2.89. The van der Waals surface area contributed by atoms with Crippen LogP contribution in [0.2, 0.25) is 0 Å². The van der Waals surface area contributed by atoms with Crippen LogP contribution in [-0.2, 0) is 4.79 Å². The van der Waals surface area contributed by atoms with Crippen molar-refractivity contribution in [3.8, 4) is 22.4 Å². The van der Waals surface area contributed by atoms with Gasteiger partial charge in [-0.05, 0) is 29.8 Å². The molecule has 4 aromatic rings. The van der Waals surface area contributed by atoms with Crippen molar-refractivity contribution in [2.75, 3.05) is 11.9 Å². The van der Waals surface area contributed by atoms with Crippen molar-refractivity contribution in [3.63, 3.8) is 0 Å². The molecule has 0 radical (unpaired) electrons. The first-order valence-corrected chi connectivity index (χ1v) is 8.59. The minimum atomic E-state index is -0.412. The van der Waals surface area contributed by atoms with Crippen molar-refractivity contribution in [2.45, 2.75) is 0 Å². The van der Waals surface area contributed by atoms with E-state index in [-0.39, 0.29) is 12.2 Å². The molecule has 0 saturated heterocycles. The third-order valence-corrected chi connectivity index (χ3v) is 4.35. The number of aliphatic hydroxyl groups excluding tert-OH is 1.